The minimum Gasteiger partial charge on any atom is -0.378 e. The minimum absolute atomic E-state index is 0.113. The van der Waals surface area contributed by atoms with Gasteiger partial charge in [0, 0.05) is 25.6 Å². The number of nitrogens with one attached hydrogen (secondary N) is 2. The average Bonchev–Trinajstić information content (AvgIpc) is 2.16. The van der Waals surface area contributed by atoms with Crippen LogP contribution in [0.3, 0.4) is 0 Å². The van der Waals surface area contributed by atoms with E-state index in [1.54, 1.807) is 0 Å². The number of hydrogen-bond donors (Lipinski definition) is 2. The second kappa shape index (κ2) is 5.98. The Kier molecular flexibility index (Phi) is 4.90. The van der Waals surface area contributed by atoms with Crippen molar-refractivity contribution in [2.45, 2.75) is 26.3 Å². The van der Waals surface area contributed by atoms with Gasteiger partial charge < -0.3 is 15.4 Å². The summed E-state index contributed by atoms with van der Waals surface area (Å²) in [5.74, 6) is 0.621. The zero-order valence-electron chi connectivity index (χ0n) is 9.01. The zero-order valence-corrected chi connectivity index (χ0v) is 9.01. The van der Waals surface area contributed by atoms with Crippen molar-refractivity contribution in [1.82, 2.24) is 10.6 Å². The van der Waals surface area contributed by atoms with E-state index in [0.717, 1.165) is 19.7 Å². The highest BCUT2D eigenvalue weighted by Gasteiger charge is 2.16. The molecule has 1 unspecified atom stereocenters. The van der Waals surface area contributed by atoms with E-state index in [1.807, 2.05) is 0 Å². The molecule has 4 heteroatoms. The molecule has 1 aliphatic heterocycles. The minimum atomic E-state index is 0.113. The van der Waals surface area contributed by atoms with Crippen LogP contribution in [0.5, 0.6) is 0 Å². The first kappa shape index (κ1) is 11.5. The third-order valence-corrected chi connectivity index (χ3v) is 2.14. The third kappa shape index (κ3) is 4.58. The van der Waals surface area contributed by atoms with Crippen molar-refractivity contribution in [1.29, 1.82) is 0 Å². The molecule has 1 heterocycles. The maximum Gasteiger partial charge on any atom is 0.221 e. The molecule has 0 aliphatic carbocycles. The second-order valence-electron chi connectivity index (χ2n) is 4.13. The fourth-order valence-corrected chi connectivity index (χ4v) is 1.36. The van der Waals surface area contributed by atoms with Crippen molar-refractivity contribution < 1.29 is 9.53 Å². The van der Waals surface area contributed by atoms with Gasteiger partial charge in [0.05, 0.1) is 13.2 Å². The Balaban J connectivity index is 2.12. The SMILES string of the molecule is CC(C)CNC(=O)CC1COCCN1. The quantitative estimate of drug-likeness (QED) is 0.678. The molecule has 4 nitrogen and oxygen atoms in total. The fraction of sp³-hybridized carbons (Fsp3) is 0.900. The highest BCUT2D eigenvalue weighted by Crippen LogP contribution is 1.98. The number of amides is 1. The number of hydrogen-bond acceptors (Lipinski definition) is 3. The van der Waals surface area contributed by atoms with Gasteiger partial charge in [0.2, 0.25) is 5.91 Å². The Morgan fingerprint density at radius 2 is 2.43 bits per heavy atom. The predicted octanol–water partition coefficient (Wildman–Crippen LogP) is 0.137. The van der Waals surface area contributed by atoms with Crippen LogP contribution in [0.4, 0.5) is 0 Å². The lowest BCUT2D eigenvalue weighted by atomic mass is 10.1. The Labute approximate surface area is 85.4 Å². The van der Waals surface area contributed by atoms with Gasteiger partial charge in [0.25, 0.3) is 0 Å². The topological polar surface area (TPSA) is 50.4 Å². The van der Waals surface area contributed by atoms with Crippen LogP contribution in [0.25, 0.3) is 0 Å². The smallest absolute Gasteiger partial charge is 0.221 e. The average molecular weight is 200 g/mol. The van der Waals surface area contributed by atoms with E-state index in [2.05, 4.69) is 24.5 Å². The molecule has 0 spiro atoms. The fourth-order valence-electron chi connectivity index (χ4n) is 1.36. The summed E-state index contributed by atoms with van der Waals surface area (Å²) in [5.41, 5.74) is 0. The van der Waals surface area contributed by atoms with Gasteiger partial charge in [-0.1, -0.05) is 13.8 Å². The lowest BCUT2D eigenvalue weighted by Crippen LogP contribution is -2.44. The van der Waals surface area contributed by atoms with E-state index < -0.39 is 0 Å². The Bertz CT molecular complexity index is 177. The molecule has 1 rings (SSSR count). The van der Waals surface area contributed by atoms with E-state index in [0.29, 0.717) is 18.9 Å². The molecule has 1 aliphatic rings. The summed E-state index contributed by atoms with van der Waals surface area (Å²) in [5, 5.41) is 6.15. The van der Waals surface area contributed by atoms with Crippen LogP contribution < -0.4 is 10.6 Å². The van der Waals surface area contributed by atoms with Gasteiger partial charge in [-0.05, 0) is 5.92 Å². The van der Waals surface area contributed by atoms with Gasteiger partial charge in [0.15, 0.2) is 0 Å². The Morgan fingerprint density at radius 3 is 3.00 bits per heavy atom. The van der Waals surface area contributed by atoms with E-state index in [-0.39, 0.29) is 11.9 Å². The van der Waals surface area contributed by atoms with Gasteiger partial charge in [-0.2, -0.15) is 0 Å². The maximum absolute atomic E-state index is 11.4. The van der Waals surface area contributed by atoms with Crippen LogP contribution in [0.15, 0.2) is 0 Å². The first-order valence-electron chi connectivity index (χ1n) is 5.26. The summed E-state index contributed by atoms with van der Waals surface area (Å²) in [6.07, 6.45) is 0.521. The van der Waals surface area contributed by atoms with Crippen LogP contribution in [0, 0.1) is 5.92 Å². The molecule has 1 amide bonds. The van der Waals surface area contributed by atoms with Gasteiger partial charge in [-0.3, -0.25) is 4.79 Å². The molecule has 0 aromatic rings. The van der Waals surface area contributed by atoms with Crippen molar-refractivity contribution in [2.24, 2.45) is 5.92 Å². The molecule has 0 bridgehead atoms. The summed E-state index contributed by atoms with van der Waals surface area (Å²) < 4.78 is 5.27. The Morgan fingerprint density at radius 1 is 1.64 bits per heavy atom. The van der Waals surface area contributed by atoms with Gasteiger partial charge in [0.1, 0.15) is 0 Å². The largest absolute Gasteiger partial charge is 0.378 e. The number of rotatable bonds is 4. The highest BCUT2D eigenvalue weighted by atomic mass is 16.5. The van der Waals surface area contributed by atoms with Crippen LogP contribution in [0.1, 0.15) is 20.3 Å². The zero-order chi connectivity index (χ0) is 10.4. The van der Waals surface area contributed by atoms with E-state index >= 15 is 0 Å². The molecule has 0 radical (unpaired) electrons. The molecule has 82 valence electrons. The molecule has 0 aromatic heterocycles. The predicted molar refractivity (Wildman–Crippen MR) is 55.1 cm³/mol. The number of morpholine rings is 1. The van der Waals surface area contributed by atoms with Crippen molar-refractivity contribution in [3.05, 3.63) is 0 Å². The molecule has 0 aromatic carbocycles. The first-order chi connectivity index (χ1) is 6.68. The highest BCUT2D eigenvalue weighted by molar-refractivity contribution is 5.76. The maximum atomic E-state index is 11.4. The molecule has 0 saturated carbocycles. The van der Waals surface area contributed by atoms with Crippen molar-refractivity contribution in [2.75, 3.05) is 26.3 Å². The molecular weight excluding hydrogens is 180 g/mol. The number of ether oxygens (including phenoxy) is 1. The van der Waals surface area contributed by atoms with Gasteiger partial charge in [-0.25, -0.2) is 0 Å². The first-order valence-corrected chi connectivity index (χ1v) is 5.26. The van der Waals surface area contributed by atoms with Crippen LogP contribution >= 0.6 is 0 Å². The normalized spacial score (nSPS) is 22.4. The number of carbonyl (C=O) groups is 1. The summed E-state index contributed by atoms with van der Waals surface area (Å²) >= 11 is 0. The molecule has 1 fully saturated rings. The summed E-state index contributed by atoms with van der Waals surface area (Å²) in [4.78, 5) is 11.4. The summed E-state index contributed by atoms with van der Waals surface area (Å²) in [6.45, 7) is 7.18. The van der Waals surface area contributed by atoms with Crippen molar-refractivity contribution >= 4 is 5.91 Å². The molecule has 1 atom stereocenters. The molecule has 14 heavy (non-hydrogen) atoms. The molecular formula is C10H20N2O2. The van der Waals surface area contributed by atoms with Crippen LogP contribution in [0.2, 0.25) is 0 Å². The Hall–Kier alpha value is -0.610. The number of carbonyl (C=O) groups excluding carboxylic acids is 1. The lowest BCUT2D eigenvalue weighted by Gasteiger charge is -2.23. The summed E-state index contributed by atoms with van der Waals surface area (Å²) in [6, 6.07) is 0.191. The molecule has 2 N–H and O–H groups in total. The van der Waals surface area contributed by atoms with E-state index in [1.165, 1.54) is 0 Å². The van der Waals surface area contributed by atoms with E-state index in [4.69, 9.17) is 4.74 Å². The summed E-state index contributed by atoms with van der Waals surface area (Å²) in [7, 11) is 0. The van der Waals surface area contributed by atoms with Gasteiger partial charge in [-0.15, -0.1) is 0 Å². The monoisotopic (exact) mass is 200 g/mol. The van der Waals surface area contributed by atoms with Gasteiger partial charge >= 0.3 is 0 Å². The van der Waals surface area contributed by atoms with Crippen LogP contribution in [-0.4, -0.2) is 38.3 Å². The molecule has 1 saturated heterocycles. The van der Waals surface area contributed by atoms with Crippen LogP contribution in [-0.2, 0) is 9.53 Å². The lowest BCUT2D eigenvalue weighted by molar-refractivity contribution is -0.122. The third-order valence-electron chi connectivity index (χ3n) is 2.14. The van der Waals surface area contributed by atoms with Crippen molar-refractivity contribution in [3.63, 3.8) is 0 Å². The van der Waals surface area contributed by atoms with E-state index in [9.17, 15) is 4.79 Å². The second-order valence-corrected chi connectivity index (χ2v) is 4.13. The van der Waals surface area contributed by atoms with Crippen molar-refractivity contribution in [3.8, 4) is 0 Å². The standard InChI is InChI=1S/C10H20N2O2/c1-8(2)6-12-10(13)5-9-7-14-4-3-11-9/h8-9,11H,3-7H2,1-2H3,(H,12,13).